The molecule has 1 rings (SSSR count). The zero-order chi connectivity index (χ0) is 11.3. The number of esters is 1. The zero-order valence-electron chi connectivity index (χ0n) is 7.83. The molecule has 6 heteroatoms. The number of anilines is 1. The summed E-state index contributed by atoms with van der Waals surface area (Å²) in [6, 6.07) is 4.41. The van der Waals surface area contributed by atoms with E-state index in [2.05, 4.69) is 15.3 Å². The average molecular weight is 231 g/mol. The number of carbonyl (C=O) groups is 1. The van der Waals surface area contributed by atoms with Gasteiger partial charge in [0, 0.05) is 0 Å². The van der Waals surface area contributed by atoms with Gasteiger partial charge in [-0.1, -0.05) is 17.7 Å². The zero-order valence-corrected chi connectivity index (χ0v) is 8.58. The van der Waals surface area contributed by atoms with Crippen LogP contribution in [0.4, 0.5) is 10.1 Å². The Kier molecular flexibility index (Phi) is 4.05. The van der Waals surface area contributed by atoms with Crippen molar-refractivity contribution in [2.45, 2.75) is 0 Å². The predicted molar refractivity (Wildman–Crippen MR) is 55.5 cm³/mol. The van der Waals surface area contributed by atoms with Crippen molar-refractivity contribution in [3.8, 4) is 0 Å². The lowest BCUT2D eigenvalue weighted by Gasteiger charge is -2.02. The highest BCUT2D eigenvalue weighted by Gasteiger charge is 2.04. The lowest BCUT2D eigenvalue weighted by molar-refractivity contribution is -0.132. The van der Waals surface area contributed by atoms with E-state index in [0.717, 1.165) is 6.21 Å². The number of nitrogens with one attached hydrogen (secondary N) is 1. The number of carbonyl (C=O) groups excluding carboxylic acids is 1. The molecule has 0 bridgehead atoms. The minimum atomic E-state index is -0.634. The van der Waals surface area contributed by atoms with Crippen molar-refractivity contribution >= 4 is 29.5 Å². The molecule has 0 aromatic heterocycles. The highest BCUT2D eigenvalue weighted by atomic mass is 35.5. The number of hydrogen-bond acceptors (Lipinski definition) is 4. The van der Waals surface area contributed by atoms with E-state index in [9.17, 15) is 9.18 Å². The van der Waals surface area contributed by atoms with Crippen molar-refractivity contribution in [3.05, 3.63) is 29.0 Å². The van der Waals surface area contributed by atoms with Crippen LogP contribution in [0.3, 0.4) is 0 Å². The van der Waals surface area contributed by atoms with Crippen LogP contribution in [0.1, 0.15) is 0 Å². The first kappa shape index (κ1) is 11.5. The van der Waals surface area contributed by atoms with Crippen molar-refractivity contribution < 1.29 is 13.9 Å². The summed E-state index contributed by atoms with van der Waals surface area (Å²) in [5, 5.41) is 3.45. The summed E-state index contributed by atoms with van der Waals surface area (Å²) in [6.45, 7) is 0. The summed E-state index contributed by atoms with van der Waals surface area (Å²) < 4.78 is 17.5. The van der Waals surface area contributed by atoms with Crippen molar-refractivity contribution in [3.63, 3.8) is 0 Å². The van der Waals surface area contributed by atoms with Gasteiger partial charge in [0.25, 0.3) is 0 Å². The monoisotopic (exact) mass is 230 g/mol. The number of hydrazone groups is 1. The molecular weight excluding hydrogens is 223 g/mol. The Morgan fingerprint density at radius 1 is 1.67 bits per heavy atom. The van der Waals surface area contributed by atoms with Gasteiger partial charge >= 0.3 is 5.97 Å². The average Bonchev–Trinajstić information content (AvgIpc) is 2.24. The summed E-state index contributed by atoms with van der Waals surface area (Å²) in [7, 11) is 1.22. The van der Waals surface area contributed by atoms with Crippen LogP contribution in [-0.4, -0.2) is 19.3 Å². The third-order valence-corrected chi connectivity index (χ3v) is 1.80. The van der Waals surface area contributed by atoms with E-state index in [4.69, 9.17) is 11.6 Å². The first-order valence-electron chi connectivity index (χ1n) is 3.96. The number of hydrogen-bond donors (Lipinski definition) is 1. The molecule has 0 aliphatic heterocycles. The molecule has 0 spiro atoms. The summed E-state index contributed by atoms with van der Waals surface area (Å²) in [6.07, 6.45) is 0.889. The van der Waals surface area contributed by atoms with Crippen molar-refractivity contribution in [2.24, 2.45) is 5.10 Å². The highest BCUT2D eigenvalue weighted by molar-refractivity contribution is 6.31. The van der Waals surface area contributed by atoms with Crippen LogP contribution >= 0.6 is 11.6 Å². The van der Waals surface area contributed by atoms with Crippen LogP contribution in [-0.2, 0) is 9.53 Å². The van der Waals surface area contributed by atoms with E-state index in [-0.39, 0.29) is 10.7 Å². The van der Waals surface area contributed by atoms with Crippen molar-refractivity contribution in [1.29, 1.82) is 0 Å². The fraction of sp³-hybridized carbons (Fsp3) is 0.111. The van der Waals surface area contributed by atoms with Gasteiger partial charge in [0.05, 0.1) is 17.8 Å². The summed E-state index contributed by atoms with van der Waals surface area (Å²) in [4.78, 5) is 10.6. The van der Waals surface area contributed by atoms with Gasteiger partial charge in [-0.3, -0.25) is 5.43 Å². The summed E-state index contributed by atoms with van der Waals surface area (Å²) in [5.74, 6) is -1.26. The normalized spacial score (nSPS) is 10.3. The molecule has 4 nitrogen and oxygen atoms in total. The molecule has 0 radical (unpaired) electrons. The van der Waals surface area contributed by atoms with Gasteiger partial charge in [0.2, 0.25) is 0 Å². The molecule has 0 unspecified atom stereocenters. The van der Waals surface area contributed by atoms with E-state index in [1.54, 1.807) is 6.07 Å². The topological polar surface area (TPSA) is 50.7 Å². The molecule has 0 aliphatic rings. The predicted octanol–water partition coefficient (Wildman–Crippen LogP) is 2.05. The quantitative estimate of drug-likeness (QED) is 0.491. The fourth-order valence-electron chi connectivity index (χ4n) is 0.797. The number of nitrogens with zero attached hydrogens (tertiary/aromatic N) is 1. The van der Waals surface area contributed by atoms with E-state index < -0.39 is 11.8 Å². The molecule has 1 aromatic carbocycles. The molecule has 0 amide bonds. The second kappa shape index (κ2) is 5.31. The minimum absolute atomic E-state index is 0.0201. The SMILES string of the molecule is COC(=O)/C=N/Nc1cccc(Cl)c1F. The molecular formula is C9H8ClFN2O2. The van der Waals surface area contributed by atoms with Gasteiger partial charge in [-0.15, -0.1) is 0 Å². The third-order valence-electron chi connectivity index (χ3n) is 1.51. The van der Waals surface area contributed by atoms with Crippen molar-refractivity contribution in [2.75, 3.05) is 12.5 Å². The Balaban J connectivity index is 2.70. The Hall–Kier alpha value is -1.62. The molecule has 0 aliphatic carbocycles. The lowest BCUT2D eigenvalue weighted by atomic mass is 10.3. The Morgan fingerprint density at radius 2 is 2.40 bits per heavy atom. The number of halogens is 2. The van der Waals surface area contributed by atoms with Gasteiger partial charge < -0.3 is 4.74 Å². The van der Waals surface area contributed by atoms with Gasteiger partial charge in [-0.25, -0.2) is 9.18 Å². The first-order chi connectivity index (χ1) is 7.15. The van der Waals surface area contributed by atoms with Gasteiger partial charge in [0.15, 0.2) is 5.82 Å². The van der Waals surface area contributed by atoms with Crippen molar-refractivity contribution in [1.82, 2.24) is 0 Å². The number of benzene rings is 1. The molecule has 0 saturated heterocycles. The van der Waals surface area contributed by atoms with E-state index in [1.807, 2.05) is 0 Å². The van der Waals surface area contributed by atoms with Gasteiger partial charge in [-0.05, 0) is 12.1 Å². The molecule has 80 valence electrons. The van der Waals surface area contributed by atoms with E-state index >= 15 is 0 Å². The molecule has 0 saturated carbocycles. The molecule has 0 atom stereocenters. The minimum Gasteiger partial charge on any atom is -0.465 e. The van der Waals surface area contributed by atoms with Crippen LogP contribution in [0, 0.1) is 5.82 Å². The van der Waals surface area contributed by atoms with Crippen LogP contribution in [0.25, 0.3) is 0 Å². The maximum atomic E-state index is 13.2. The maximum Gasteiger partial charge on any atom is 0.350 e. The summed E-state index contributed by atoms with van der Waals surface area (Å²) in [5.41, 5.74) is 2.41. The van der Waals surface area contributed by atoms with Crippen LogP contribution in [0.5, 0.6) is 0 Å². The van der Waals surface area contributed by atoms with Gasteiger partial charge in [0.1, 0.15) is 6.21 Å². The van der Waals surface area contributed by atoms with E-state index in [1.165, 1.54) is 19.2 Å². The fourth-order valence-corrected chi connectivity index (χ4v) is 0.972. The lowest BCUT2D eigenvalue weighted by Crippen LogP contribution is -2.03. The van der Waals surface area contributed by atoms with Crippen LogP contribution < -0.4 is 5.43 Å². The maximum absolute atomic E-state index is 13.2. The molecule has 0 heterocycles. The molecule has 1 N–H and O–H groups in total. The van der Waals surface area contributed by atoms with E-state index in [0.29, 0.717) is 0 Å². The van der Waals surface area contributed by atoms with Crippen LogP contribution in [0.15, 0.2) is 23.3 Å². The third kappa shape index (κ3) is 3.21. The molecule has 15 heavy (non-hydrogen) atoms. The Bertz CT molecular complexity index is 396. The Labute approximate surface area is 90.7 Å². The largest absolute Gasteiger partial charge is 0.465 e. The standard InChI is InChI=1S/C9H8ClFN2O2/c1-15-8(14)5-12-13-7-4-2-3-6(10)9(7)11/h2-5,13H,1H3/b12-5+. The van der Waals surface area contributed by atoms with Gasteiger partial charge in [-0.2, -0.15) is 5.10 Å². The molecule has 0 fully saturated rings. The second-order valence-electron chi connectivity index (χ2n) is 2.49. The second-order valence-corrected chi connectivity index (χ2v) is 2.90. The molecule has 1 aromatic rings. The smallest absolute Gasteiger partial charge is 0.350 e. The number of methoxy groups -OCH3 is 1. The van der Waals surface area contributed by atoms with Crippen LogP contribution in [0.2, 0.25) is 5.02 Å². The number of ether oxygens (including phenoxy) is 1. The Morgan fingerprint density at radius 3 is 3.07 bits per heavy atom. The first-order valence-corrected chi connectivity index (χ1v) is 4.34. The summed E-state index contributed by atoms with van der Waals surface area (Å²) >= 11 is 5.52. The number of rotatable bonds is 3. The highest BCUT2D eigenvalue weighted by Crippen LogP contribution is 2.21.